The molecule has 0 spiro atoms. The average Bonchev–Trinajstić information content (AvgIpc) is 3.44. The van der Waals surface area contributed by atoms with Gasteiger partial charge in [-0.15, -0.1) is 31.7 Å². The first-order chi connectivity index (χ1) is 14.2. The molecule has 2 aromatic carbocycles. The second kappa shape index (κ2) is 7.17. The molecule has 0 aliphatic heterocycles. The van der Waals surface area contributed by atoms with E-state index in [0.717, 1.165) is 5.56 Å². The fraction of sp³-hybridized carbons (Fsp3) is 0.150. The zero-order valence-corrected chi connectivity index (χ0v) is 16.1. The van der Waals surface area contributed by atoms with Crippen molar-refractivity contribution < 1.29 is 13.2 Å². The van der Waals surface area contributed by atoms with E-state index in [2.05, 4.69) is 25.4 Å². The Morgan fingerprint density at radius 1 is 0.862 bits per heavy atom. The molecule has 5 rings (SSSR count). The Hall–Kier alpha value is -3.46. The molecule has 0 saturated carbocycles. The molecule has 0 saturated heterocycles. The Balaban J connectivity index is 1.39. The third-order valence-corrected chi connectivity index (χ3v) is 5.37. The van der Waals surface area contributed by atoms with Crippen LogP contribution in [-0.2, 0) is 12.8 Å². The number of aryl methyl sites for hydroxylation is 1. The van der Waals surface area contributed by atoms with Crippen LogP contribution >= 0.6 is 11.3 Å². The minimum atomic E-state index is -0.268. The highest BCUT2D eigenvalue weighted by Crippen LogP contribution is 2.33. The molecule has 3 heterocycles. The molecule has 0 unspecified atom stereocenters. The second-order valence-corrected chi connectivity index (χ2v) is 7.49. The molecule has 144 valence electrons. The van der Waals surface area contributed by atoms with Crippen LogP contribution in [0.15, 0.2) is 51.3 Å². The van der Waals surface area contributed by atoms with Crippen molar-refractivity contribution in [1.82, 2.24) is 25.4 Å². The van der Waals surface area contributed by atoms with Gasteiger partial charge in [-0.1, -0.05) is 30.3 Å². The minimum absolute atomic E-state index is 0.267. The fourth-order valence-electron chi connectivity index (χ4n) is 3.02. The molecule has 0 aliphatic rings. The van der Waals surface area contributed by atoms with Crippen LogP contribution in [0.3, 0.4) is 0 Å². The number of thiazole rings is 1. The summed E-state index contributed by atoms with van der Waals surface area (Å²) in [4.78, 5) is 4.51. The first kappa shape index (κ1) is 17.6. The first-order valence-corrected chi connectivity index (χ1v) is 9.71. The lowest BCUT2D eigenvalue weighted by Crippen LogP contribution is -1.88. The monoisotopic (exact) mass is 407 g/mol. The maximum atomic E-state index is 15.1. The molecule has 7 nitrogen and oxygen atoms in total. The Labute approximate surface area is 168 Å². The van der Waals surface area contributed by atoms with E-state index in [9.17, 15) is 0 Å². The number of benzene rings is 2. The number of hydrogen-bond donors (Lipinski definition) is 0. The van der Waals surface area contributed by atoms with Gasteiger partial charge in [-0.3, -0.25) is 0 Å². The van der Waals surface area contributed by atoms with E-state index < -0.39 is 0 Å². The van der Waals surface area contributed by atoms with Crippen molar-refractivity contribution in [2.45, 2.75) is 19.8 Å². The van der Waals surface area contributed by atoms with Gasteiger partial charge in [0.05, 0.1) is 16.6 Å². The molecular weight excluding hydrogens is 393 g/mol. The van der Waals surface area contributed by atoms with Gasteiger partial charge in [-0.05, 0) is 17.7 Å². The van der Waals surface area contributed by atoms with E-state index in [-0.39, 0.29) is 12.2 Å². The molecule has 5 aromatic rings. The van der Waals surface area contributed by atoms with E-state index in [1.807, 2.05) is 36.4 Å². The van der Waals surface area contributed by atoms with Crippen LogP contribution in [0.4, 0.5) is 4.39 Å². The van der Waals surface area contributed by atoms with Gasteiger partial charge in [-0.25, -0.2) is 9.37 Å². The summed E-state index contributed by atoms with van der Waals surface area (Å²) >= 11 is 1.29. The molecule has 0 fully saturated rings. The lowest BCUT2D eigenvalue weighted by atomic mass is 10.1. The third kappa shape index (κ3) is 3.52. The fourth-order valence-corrected chi connectivity index (χ4v) is 4.01. The van der Waals surface area contributed by atoms with Crippen LogP contribution in [0.25, 0.3) is 21.3 Å². The average molecular weight is 407 g/mol. The number of halogens is 1. The van der Waals surface area contributed by atoms with E-state index in [4.69, 9.17) is 8.83 Å². The number of hydrogen-bond acceptors (Lipinski definition) is 8. The molecule has 0 radical (unpaired) electrons. The van der Waals surface area contributed by atoms with Crippen molar-refractivity contribution in [3.8, 4) is 11.1 Å². The molecule has 9 heteroatoms. The number of fused-ring (bicyclic) bond motifs is 1. The predicted molar refractivity (Wildman–Crippen MR) is 104 cm³/mol. The van der Waals surface area contributed by atoms with Crippen molar-refractivity contribution in [3.63, 3.8) is 0 Å². The van der Waals surface area contributed by atoms with Gasteiger partial charge >= 0.3 is 0 Å². The summed E-state index contributed by atoms with van der Waals surface area (Å²) in [5.74, 6) is 1.40. The van der Waals surface area contributed by atoms with E-state index >= 15 is 4.39 Å². The molecule has 3 aromatic heterocycles. The highest BCUT2D eigenvalue weighted by molar-refractivity contribution is 7.18. The predicted octanol–water partition coefficient (Wildman–Crippen LogP) is 4.36. The van der Waals surface area contributed by atoms with E-state index in [1.54, 1.807) is 13.0 Å². The SMILES string of the molecule is Cc1nnc(Cc2nnc(Cc3nc4ccc(-c5ccccc5)c(F)c4s3)o2)o1. The van der Waals surface area contributed by atoms with Gasteiger partial charge < -0.3 is 8.83 Å². The summed E-state index contributed by atoms with van der Waals surface area (Å²) in [5.41, 5.74) is 2.01. The van der Waals surface area contributed by atoms with Gasteiger partial charge in [0.1, 0.15) is 17.2 Å². The Bertz CT molecular complexity index is 1290. The molecule has 0 aliphatic carbocycles. The number of aromatic nitrogens is 5. The van der Waals surface area contributed by atoms with Crippen LogP contribution in [0, 0.1) is 12.7 Å². The molecule has 0 N–H and O–H groups in total. The highest BCUT2D eigenvalue weighted by Gasteiger charge is 2.16. The third-order valence-electron chi connectivity index (χ3n) is 4.31. The largest absolute Gasteiger partial charge is 0.425 e. The summed E-state index contributed by atoms with van der Waals surface area (Å²) in [7, 11) is 0. The summed E-state index contributed by atoms with van der Waals surface area (Å²) in [6.45, 7) is 1.71. The zero-order chi connectivity index (χ0) is 19.8. The quantitative estimate of drug-likeness (QED) is 0.427. The normalized spacial score (nSPS) is 11.4. The maximum Gasteiger partial charge on any atom is 0.225 e. The minimum Gasteiger partial charge on any atom is -0.425 e. The topological polar surface area (TPSA) is 90.7 Å². The summed E-state index contributed by atoms with van der Waals surface area (Å²) in [6.07, 6.45) is 0.595. The van der Waals surface area contributed by atoms with E-state index in [1.165, 1.54) is 11.3 Å². The first-order valence-electron chi connectivity index (χ1n) is 8.89. The van der Waals surface area contributed by atoms with Gasteiger partial charge in [-0.2, -0.15) is 0 Å². The summed E-state index contributed by atoms with van der Waals surface area (Å²) in [5, 5.41) is 16.4. The van der Waals surface area contributed by atoms with Crippen molar-refractivity contribution in [1.29, 1.82) is 0 Å². The molecule has 29 heavy (non-hydrogen) atoms. The van der Waals surface area contributed by atoms with Crippen LogP contribution < -0.4 is 0 Å². The maximum absolute atomic E-state index is 15.1. The highest BCUT2D eigenvalue weighted by atomic mass is 32.1. The number of rotatable bonds is 5. The van der Waals surface area contributed by atoms with E-state index in [0.29, 0.717) is 50.8 Å². The second-order valence-electron chi connectivity index (χ2n) is 6.41. The van der Waals surface area contributed by atoms with Crippen molar-refractivity contribution in [3.05, 3.63) is 76.9 Å². The lowest BCUT2D eigenvalue weighted by molar-refractivity contribution is 0.428. The zero-order valence-electron chi connectivity index (χ0n) is 15.3. The standard InChI is InChI=1S/C20H14FN5O2S/c1-11-23-24-15(27-11)9-16-25-26-17(28-16)10-18-22-14-8-7-13(19(21)20(14)29-18)12-5-3-2-4-6-12/h2-8H,9-10H2,1H3. The number of nitrogens with zero attached hydrogens (tertiary/aromatic N) is 5. The Kier molecular flexibility index (Phi) is 4.36. The van der Waals surface area contributed by atoms with Crippen molar-refractivity contribution in [2.75, 3.05) is 0 Å². The van der Waals surface area contributed by atoms with Gasteiger partial charge in [0, 0.05) is 12.5 Å². The Morgan fingerprint density at radius 3 is 2.34 bits per heavy atom. The molecule has 0 atom stereocenters. The van der Waals surface area contributed by atoms with Crippen LogP contribution in [-0.4, -0.2) is 25.4 Å². The van der Waals surface area contributed by atoms with Gasteiger partial charge in [0.25, 0.3) is 0 Å². The van der Waals surface area contributed by atoms with Crippen LogP contribution in [0.5, 0.6) is 0 Å². The molecule has 0 amide bonds. The summed E-state index contributed by atoms with van der Waals surface area (Å²) < 4.78 is 26.5. The lowest BCUT2D eigenvalue weighted by Gasteiger charge is -2.03. The van der Waals surface area contributed by atoms with Gasteiger partial charge in [0.15, 0.2) is 0 Å². The van der Waals surface area contributed by atoms with Crippen molar-refractivity contribution in [2.24, 2.45) is 0 Å². The summed E-state index contributed by atoms with van der Waals surface area (Å²) in [6, 6.07) is 13.0. The van der Waals surface area contributed by atoms with Gasteiger partial charge in [0.2, 0.25) is 23.6 Å². The molecular formula is C20H14FN5O2S. The Morgan fingerprint density at radius 2 is 1.59 bits per heavy atom. The van der Waals surface area contributed by atoms with Crippen LogP contribution in [0.2, 0.25) is 0 Å². The van der Waals surface area contributed by atoms with Crippen LogP contribution in [0.1, 0.15) is 28.6 Å². The van der Waals surface area contributed by atoms with Crippen molar-refractivity contribution >= 4 is 21.6 Å². The molecule has 0 bridgehead atoms. The smallest absolute Gasteiger partial charge is 0.225 e.